The molecule has 0 saturated carbocycles. The molecule has 0 aliphatic carbocycles. The minimum absolute atomic E-state index is 0.0675. The van der Waals surface area contributed by atoms with Crippen molar-refractivity contribution < 1.29 is 14.6 Å². The first-order valence-electron chi connectivity index (χ1n) is 7.11. The fourth-order valence-electron chi connectivity index (χ4n) is 2.19. The van der Waals surface area contributed by atoms with Crippen LogP contribution in [0, 0.1) is 0 Å². The van der Waals surface area contributed by atoms with Gasteiger partial charge in [0, 0.05) is 12.5 Å². The fourth-order valence-corrected chi connectivity index (χ4v) is 2.19. The number of phenolic OH excluding ortho intramolecular Hbond substituents is 1. The van der Waals surface area contributed by atoms with Crippen LogP contribution in [0.3, 0.4) is 0 Å². The lowest BCUT2D eigenvalue weighted by molar-refractivity contribution is -0.137. The van der Waals surface area contributed by atoms with Gasteiger partial charge in [-0.2, -0.15) is 0 Å². The maximum Gasteiger partial charge on any atom is 0.330 e. The van der Waals surface area contributed by atoms with Crippen LogP contribution in [0.4, 0.5) is 0 Å². The van der Waals surface area contributed by atoms with Gasteiger partial charge in [-0.1, -0.05) is 24.8 Å². The number of esters is 1. The molecule has 116 valence electrons. The van der Waals surface area contributed by atoms with Gasteiger partial charge in [0.15, 0.2) is 0 Å². The zero-order chi connectivity index (χ0) is 16.2. The Hall–Kier alpha value is -3.15. The number of rotatable bonds is 5. The van der Waals surface area contributed by atoms with Gasteiger partial charge < -0.3 is 9.84 Å². The van der Waals surface area contributed by atoms with Crippen molar-refractivity contribution in [3.05, 3.63) is 60.7 Å². The van der Waals surface area contributed by atoms with Gasteiger partial charge >= 0.3 is 5.97 Å². The number of nitrogens with zero attached hydrogens (tertiary/aromatic N) is 3. The number of aromatic hydroxyl groups is 1. The van der Waals surface area contributed by atoms with E-state index in [4.69, 9.17) is 4.74 Å². The molecule has 0 atom stereocenters. The minimum Gasteiger partial charge on any atom is -0.506 e. The Kier molecular flexibility index (Phi) is 4.05. The third-order valence-corrected chi connectivity index (χ3v) is 3.34. The van der Waals surface area contributed by atoms with E-state index in [9.17, 15) is 9.90 Å². The summed E-state index contributed by atoms with van der Waals surface area (Å²) in [6.07, 6.45) is 1.62. The van der Waals surface area contributed by atoms with Gasteiger partial charge in [-0.25, -0.2) is 4.79 Å². The van der Waals surface area contributed by atoms with Gasteiger partial charge in [-0.15, -0.1) is 15.0 Å². The van der Waals surface area contributed by atoms with E-state index >= 15 is 0 Å². The summed E-state index contributed by atoms with van der Waals surface area (Å²) in [5, 5.41) is 18.9. The summed E-state index contributed by atoms with van der Waals surface area (Å²) >= 11 is 0. The van der Waals surface area contributed by atoms with E-state index in [0.717, 1.165) is 22.7 Å². The predicted molar refractivity (Wildman–Crippen MR) is 85.4 cm³/mol. The van der Waals surface area contributed by atoms with E-state index in [2.05, 4.69) is 16.8 Å². The number of ether oxygens (including phenoxy) is 1. The molecule has 1 aromatic heterocycles. The molecular formula is C17H15N3O3. The minimum atomic E-state index is -0.460. The van der Waals surface area contributed by atoms with Crippen LogP contribution < -0.4 is 0 Å². The molecule has 0 fully saturated rings. The number of carbonyl (C=O) groups excluding carboxylic acids is 1. The van der Waals surface area contributed by atoms with Gasteiger partial charge in [0.2, 0.25) is 0 Å². The molecule has 2 aromatic carbocycles. The van der Waals surface area contributed by atoms with Crippen molar-refractivity contribution in [2.75, 3.05) is 6.61 Å². The monoisotopic (exact) mass is 309 g/mol. The lowest BCUT2D eigenvalue weighted by atomic mass is 10.1. The van der Waals surface area contributed by atoms with Crippen LogP contribution in [0.25, 0.3) is 16.7 Å². The van der Waals surface area contributed by atoms with E-state index in [1.807, 2.05) is 30.3 Å². The Bertz CT molecular complexity index is 837. The summed E-state index contributed by atoms with van der Waals surface area (Å²) in [4.78, 5) is 12.4. The third kappa shape index (κ3) is 3.21. The molecule has 0 radical (unpaired) electrons. The quantitative estimate of drug-likeness (QED) is 0.578. The molecule has 1 N–H and O–H groups in total. The van der Waals surface area contributed by atoms with Crippen LogP contribution in [0.5, 0.6) is 5.75 Å². The summed E-state index contributed by atoms with van der Waals surface area (Å²) in [7, 11) is 0. The summed E-state index contributed by atoms with van der Waals surface area (Å²) in [5.74, 6) is -0.392. The smallest absolute Gasteiger partial charge is 0.330 e. The van der Waals surface area contributed by atoms with Gasteiger partial charge in [0.25, 0.3) is 0 Å². The molecule has 0 saturated heterocycles. The number of benzene rings is 2. The van der Waals surface area contributed by atoms with Crippen molar-refractivity contribution in [3.63, 3.8) is 0 Å². The Balaban J connectivity index is 1.79. The highest BCUT2D eigenvalue weighted by molar-refractivity contribution is 5.81. The predicted octanol–water partition coefficient (Wildman–Crippen LogP) is 2.40. The Morgan fingerprint density at radius 1 is 1.22 bits per heavy atom. The summed E-state index contributed by atoms with van der Waals surface area (Å²) in [5.41, 5.74) is 2.85. The van der Waals surface area contributed by atoms with Crippen LogP contribution >= 0.6 is 0 Å². The zero-order valence-electron chi connectivity index (χ0n) is 12.3. The molecule has 6 heteroatoms. The Morgan fingerprint density at radius 2 is 1.91 bits per heavy atom. The van der Waals surface area contributed by atoms with Crippen LogP contribution in [0.2, 0.25) is 0 Å². The number of phenols is 1. The van der Waals surface area contributed by atoms with Crippen LogP contribution in [0.1, 0.15) is 5.56 Å². The number of carbonyl (C=O) groups is 1. The van der Waals surface area contributed by atoms with Gasteiger partial charge in [0.1, 0.15) is 22.5 Å². The second-order valence-electron chi connectivity index (χ2n) is 4.92. The van der Waals surface area contributed by atoms with Crippen molar-refractivity contribution >= 4 is 17.0 Å². The summed E-state index contributed by atoms with van der Waals surface area (Å²) in [6.45, 7) is 3.56. The number of fused-ring (bicyclic) bond motifs is 1. The molecule has 23 heavy (non-hydrogen) atoms. The zero-order valence-corrected chi connectivity index (χ0v) is 12.3. The molecule has 3 aromatic rings. The van der Waals surface area contributed by atoms with Crippen LogP contribution in [0.15, 0.2) is 55.1 Å². The fraction of sp³-hybridized carbons (Fsp3) is 0.118. The molecule has 0 unspecified atom stereocenters. The number of hydrogen-bond donors (Lipinski definition) is 1. The molecule has 6 nitrogen and oxygen atoms in total. The van der Waals surface area contributed by atoms with Gasteiger partial charge in [0.05, 0.1) is 6.61 Å². The maximum absolute atomic E-state index is 11.0. The van der Waals surface area contributed by atoms with E-state index in [-0.39, 0.29) is 12.4 Å². The van der Waals surface area contributed by atoms with E-state index in [0.29, 0.717) is 12.1 Å². The second-order valence-corrected chi connectivity index (χ2v) is 4.92. The van der Waals surface area contributed by atoms with Gasteiger partial charge in [-0.3, -0.25) is 0 Å². The molecule has 0 spiro atoms. The third-order valence-electron chi connectivity index (χ3n) is 3.34. The van der Waals surface area contributed by atoms with Crippen molar-refractivity contribution in [2.45, 2.75) is 6.42 Å². The second kappa shape index (κ2) is 6.31. The van der Waals surface area contributed by atoms with Crippen molar-refractivity contribution in [1.82, 2.24) is 15.0 Å². The maximum atomic E-state index is 11.0. The molecule has 0 aliphatic heterocycles. The molecule has 0 bridgehead atoms. The van der Waals surface area contributed by atoms with E-state index < -0.39 is 5.97 Å². The van der Waals surface area contributed by atoms with E-state index in [1.165, 1.54) is 4.80 Å². The standard InChI is InChI=1S/C17H15N3O3/c1-2-17(22)23-10-9-12-7-8-15(16(21)11-12)20-18-13-5-3-4-6-14(13)19-20/h2-8,11,21H,1,9-10H2. The largest absolute Gasteiger partial charge is 0.506 e. The molecule has 0 amide bonds. The summed E-state index contributed by atoms with van der Waals surface area (Å²) < 4.78 is 4.92. The molecule has 3 rings (SSSR count). The Labute approximate surface area is 132 Å². The first-order valence-corrected chi connectivity index (χ1v) is 7.11. The molecule has 0 aliphatic rings. The average Bonchev–Trinajstić information content (AvgIpc) is 2.98. The van der Waals surface area contributed by atoms with Crippen molar-refractivity contribution in [3.8, 4) is 11.4 Å². The van der Waals surface area contributed by atoms with Crippen molar-refractivity contribution in [1.29, 1.82) is 0 Å². The van der Waals surface area contributed by atoms with Crippen molar-refractivity contribution in [2.24, 2.45) is 0 Å². The lowest BCUT2D eigenvalue weighted by Gasteiger charge is -2.06. The molecular weight excluding hydrogens is 294 g/mol. The first kappa shape index (κ1) is 14.8. The first-order chi connectivity index (χ1) is 11.2. The SMILES string of the molecule is C=CC(=O)OCCc1ccc(-n2nc3ccccc3n2)c(O)c1. The van der Waals surface area contributed by atoms with E-state index in [1.54, 1.807) is 12.1 Å². The van der Waals surface area contributed by atoms with Gasteiger partial charge in [-0.05, 0) is 29.8 Å². The van der Waals surface area contributed by atoms with Crippen LogP contribution in [-0.4, -0.2) is 32.7 Å². The number of aromatic nitrogens is 3. The molecule has 1 heterocycles. The highest BCUT2D eigenvalue weighted by Crippen LogP contribution is 2.23. The normalized spacial score (nSPS) is 10.6. The highest BCUT2D eigenvalue weighted by Gasteiger charge is 2.09. The summed E-state index contributed by atoms with van der Waals surface area (Å²) in [6, 6.07) is 12.7. The topological polar surface area (TPSA) is 77.2 Å². The van der Waals surface area contributed by atoms with Crippen LogP contribution in [-0.2, 0) is 16.0 Å². The highest BCUT2D eigenvalue weighted by atomic mass is 16.5. The lowest BCUT2D eigenvalue weighted by Crippen LogP contribution is -2.05. The average molecular weight is 309 g/mol. The Morgan fingerprint density at radius 3 is 2.52 bits per heavy atom. The number of hydrogen-bond acceptors (Lipinski definition) is 5.